The summed E-state index contributed by atoms with van der Waals surface area (Å²) in [6.07, 6.45) is 6.57. The number of nitrogens with zero attached hydrogens (tertiary/aromatic N) is 4. The maximum Gasteiger partial charge on any atom is 0.255 e. The molecule has 2 aromatic heterocycles. The summed E-state index contributed by atoms with van der Waals surface area (Å²) >= 11 is 0. The first kappa shape index (κ1) is 18.0. The van der Waals surface area contributed by atoms with Gasteiger partial charge in [-0.2, -0.15) is 0 Å². The number of likely N-dealkylation sites (tertiary alicyclic amines) is 1. The van der Waals surface area contributed by atoms with E-state index in [4.69, 9.17) is 5.73 Å². The smallest absolute Gasteiger partial charge is 0.255 e. The number of carbonyl (C=O) groups excluding carboxylic acids is 1. The normalized spacial score (nSPS) is 16.8. The predicted octanol–water partition coefficient (Wildman–Crippen LogP) is 3.28. The van der Waals surface area contributed by atoms with Gasteiger partial charge in [0.25, 0.3) is 5.91 Å². The summed E-state index contributed by atoms with van der Waals surface area (Å²) in [5.41, 5.74) is 8.60. The Kier molecular flexibility index (Phi) is 4.97. The molecule has 4 rings (SSSR count). The summed E-state index contributed by atoms with van der Waals surface area (Å²) in [5.74, 6) is -0.201. The summed E-state index contributed by atoms with van der Waals surface area (Å²) < 4.78 is 13.7. The van der Waals surface area contributed by atoms with Crippen LogP contribution in [0.2, 0.25) is 0 Å². The molecule has 28 heavy (non-hydrogen) atoms. The minimum atomic E-state index is -0.322. The molecule has 3 heterocycles. The average molecular weight is 377 g/mol. The van der Waals surface area contributed by atoms with Crippen LogP contribution in [0.4, 0.5) is 10.3 Å². The minimum absolute atomic E-state index is 0.00191. The molecule has 7 heteroatoms. The number of anilines is 1. The Bertz CT molecular complexity index is 995. The molecule has 142 valence electrons. The molecule has 1 atom stereocenters. The number of hydrogen-bond donors (Lipinski definition) is 1. The van der Waals surface area contributed by atoms with Crippen molar-refractivity contribution in [2.75, 3.05) is 18.8 Å². The molecule has 0 saturated carbocycles. The van der Waals surface area contributed by atoms with Gasteiger partial charge in [-0.15, -0.1) is 0 Å². The lowest BCUT2D eigenvalue weighted by Crippen LogP contribution is -2.39. The minimum Gasteiger partial charge on any atom is -0.368 e. The van der Waals surface area contributed by atoms with E-state index in [0.29, 0.717) is 24.2 Å². The van der Waals surface area contributed by atoms with E-state index in [9.17, 15) is 9.18 Å². The third-order valence-electron chi connectivity index (χ3n) is 4.98. The van der Waals surface area contributed by atoms with E-state index in [1.807, 2.05) is 11.0 Å². The van der Waals surface area contributed by atoms with Crippen molar-refractivity contribution in [3.63, 3.8) is 0 Å². The van der Waals surface area contributed by atoms with Crippen molar-refractivity contribution in [3.05, 3.63) is 72.1 Å². The fourth-order valence-corrected chi connectivity index (χ4v) is 3.66. The van der Waals surface area contributed by atoms with Gasteiger partial charge in [-0.1, -0.05) is 12.1 Å². The van der Waals surface area contributed by atoms with E-state index in [1.54, 1.807) is 36.8 Å². The SMILES string of the molecule is Nc1ncc(-c2cccc(F)c2)c(C2CCCN(C(=O)c3cccnc3)C2)n1. The van der Waals surface area contributed by atoms with Crippen LogP contribution in [-0.4, -0.2) is 38.8 Å². The van der Waals surface area contributed by atoms with Gasteiger partial charge in [0, 0.05) is 43.2 Å². The largest absolute Gasteiger partial charge is 0.368 e. The number of carbonyl (C=O) groups is 1. The molecule has 1 fully saturated rings. The van der Waals surface area contributed by atoms with E-state index in [0.717, 1.165) is 24.1 Å². The predicted molar refractivity (Wildman–Crippen MR) is 104 cm³/mol. The van der Waals surface area contributed by atoms with Crippen molar-refractivity contribution < 1.29 is 9.18 Å². The van der Waals surface area contributed by atoms with Crippen molar-refractivity contribution in [2.24, 2.45) is 0 Å². The van der Waals surface area contributed by atoms with E-state index in [1.165, 1.54) is 12.1 Å². The summed E-state index contributed by atoms with van der Waals surface area (Å²) in [7, 11) is 0. The highest BCUT2D eigenvalue weighted by molar-refractivity contribution is 5.94. The molecule has 1 aromatic carbocycles. The van der Waals surface area contributed by atoms with Crippen LogP contribution in [0.25, 0.3) is 11.1 Å². The van der Waals surface area contributed by atoms with Crippen molar-refractivity contribution in [3.8, 4) is 11.1 Å². The number of benzene rings is 1. The van der Waals surface area contributed by atoms with E-state index < -0.39 is 0 Å². The quantitative estimate of drug-likeness (QED) is 0.757. The molecular weight excluding hydrogens is 357 g/mol. The molecule has 1 unspecified atom stereocenters. The first-order valence-electron chi connectivity index (χ1n) is 9.19. The second-order valence-electron chi connectivity index (χ2n) is 6.87. The second-order valence-corrected chi connectivity index (χ2v) is 6.87. The van der Waals surface area contributed by atoms with Crippen LogP contribution in [0.1, 0.15) is 34.8 Å². The maximum absolute atomic E-state index is 13.7. The molecule has 3 aromatic rings. The van der Waals surface area contributed by atoms with Crippen molar-refractivity contribution >= 4 is 11.9 Å². The van der Waals surface area contributed by atoms with Gasteiger partial charge >= 0.3 is 0 Å². The fraction of sp³-hybridized carbons (Fsp3) is 0.238. The first-order valence-corrected chi connectivity index (χ1v) is 9.19. The van der Waals surface area contributed by atoms with E-state index >= 15 is 0 Å². The molecule has 6 nitrogen and oxygen atoms in total. The molecule has 1 saturated heterocycles. The van der Waals surface area contributed by atoms with Crippen LogP contribution in [0.5, 0.6) is 0 Å². The number of nitrogen functional groups attached to an aromatic ring is 1. The van der Waals surface area contributed by atoms with Gasteiger partial charge in [0.1, 0.15) is 5.82 Å². The lowest BCUT2D eigenvalue weighted by Gasteiger charge is -2.33. The van der Waals surface area contributed by atoms with Crippen LogP contribution in [0.15, 0.2) is 55.0 Å². The summed E-state index contributed by atoms with van der Waals surface area (Å²) in [5, 5.41) is 0. The van der Waals surface area contributed by atoms with Gasteiger partial charge in [0.2, 0.25) is 5.95 Å². The number of halogens is 1. The van der Waals surface area contributed by atoms with Gasteiger partial charge in [0.15, 0.2) is 0 Å². The number of pyridine rings is 1. The standard InChI is InChI=1S/C21H20FN5O/c22-17-7-1-4-14(10-17)18-12-25-21(23)26-19(18)16-6-3-9-27(13-16)20(28)15-5-2-8-24-11-15/h1-2,4-5,7-8,10-12,16H,3,6,9,13H2,(H2,23,25,26). The van der Waals surface area contributed by atoms with Gasteiger partial charge in [0.05, 0.1) is 11.3 Å². The number of aromatic nitrogens is 3. The van der Waals surface area contributed by atoms with Gasteiger partial charge in [-0.3, -0.25) is 9.78 Å². The zero-order valence-corrected chi connectivity index (χ0v) is 15.3. The fourth-order valence-electron chi connectivity index (χ4n) is 3.66. The lowest BCUT2D eigenvalue weighted by molar-refractivity contribution is 0.0705. The Morgan fingerprint density at radius 2 is 2.11 bits per heavy atom. The Labute approximate surface area is 162 Å². The third kappa shape index (κ3) is 3.69. The van der Waals surface area contributed by atoms with E-state index in [2.05, 4.69) is 15.0 Å². The third-order valence-corrected chi connectivity index (χ3v) is 4.98. The average Bonchev–Trinajstić information content (AvgIpc) is 2.74. The monoisotopic (exact) mass is 377 g/mol. The number of piperidine rings is 1. The molecule has 1 aliphatic rings. The Morgan fingerprint density at radius 3 is 2.89 bits per heavy atom. The summed E-state index contributed by atoms with van der Waals surface area (Å²) in [4.78, 5) is 27.2. The molecule has 0 spiro atoms. The Balaban J connectivity index is 1.65. The van der Waals surface area contributed by atoms with Gasteiger partial charge in [-0.05, 0) is 42.7 Å². The Hall–Kier alpha value is -3.35. The number of amides is 1. The van der Waals surface area contributed by atoms with Crippen LogP contribution in [0.3, 0.4) is 0 Å². The number of hydrogen-bond acceptors (Lipinski definition) is 5. The van der Waals surface area contributed by atoms with Gasteiger partial charge < -0.3 is 10.6 Å². The molecule has 2 N–H and O–H groups in total. The summed E-state index contributed by atoms with van der Waals surface area (Å²) in [6.45, 7) is 1.20. The highest BCUT2D eigenvalue weighted by Crippen LogP contribution is 2.34. The van der Waals surface area contributed by atoms with Crippen molar-refractivity contribution in [2.45, 2.75) is 18.8 Å². The zero-order valence-electron chi connectivity index (χ0n) is 15.3. The van der Waals surface area contributed by atoms with E-state index in [-0.39, 0.29) is 23.6 Å². The molecule has 0 radical (unpaired) electrons. The molecule has 1 aliphatic heterocycles. The number of nitrogens with two attached hydrogens (primary N) is 1. The van der Waals surface area contributed by atoms with Crippen molar-refractivity contribution in [1.82, 2.24) is 19.9 Å². The highest BCUT2D eigenvalue weighted by atomic mass is 19.1. The molecule has 0 aliphatic carbocycles. The van der Waals surface area contributed by atoms with Crippen LogP contribution in [0, 0.1) is 5.82 Å². The molecule has 1 amide bonds. The molecule has 0 bridgehead atoms. The van der Waals surface area contributed by atoms with Crippen LogP contribution < -0.4 is 5.73 Å². The maximum atomic E-state index is 13.7. The van der Waals surface area contributed by atoms with Crippen LogP contribution >= 0.6 is 0 Å². The first-order chi connectivity index (χ1) is 13.6. The van der Waals surface area contributed by atoms with Gasteiger partial charge in [-0.25, -0.2) is 14.4 Å². The Morgan fingerprint density at radius 1 is 1.21 bits per heavy atom. The van der Waals surface area contributed by atoms with Crippen LogP contribution in [-0.2, 0) is 0 Å². The molecular formula is C21H20FN5O. The zero-order chi connectivity index (χ0) is 19.5. The summed E-state index contributed by atoms with van der Waals surface area (Å²) in [6, 6.07) is 9.85. The second kappa shape index (κ2) is 7.72. The van der Waals surface area contributed by atoms with Crippen molar-refractivity contribution in [1.29, 1.82) is 0 Å². The lowest BCUT2D eigenvalue weighted by atomic mass is 9.89. The topological polar surface area (TPSA) is 85.0 Å². The highest BCUT2D eigenvalue weighted by Gasteiger charge is 2.28. The number of rotatable bonds is 3.